The summed E-state index contributed by atoms with van der Waals surface area (Å²) in [5.41, 5.74) is 0. The van der Waals surface area contributed by atoms with Crippen molar-refractivity contribution in [1.82, 2.24) is 0 Å². The molecule has 0 aromatic carbocycles. The summed E-state index contributed by atoms with van der Waals surface area (Å²) in [6.07, 6.45) is 4.63. The summed E-state index contributed by atoms with van der Waals surface area (Å²) in [5.74, 6) is -0.148. The highest BCUT2D eigenvalue weighted by Crippen LogP contribution is 2.05. The lowest BCUT2D eigenvalue weighted by atomic mass is 10.1. The lowest BCUT2D eigenvalue weighted by Gasteiger charge is -1.97. The van der Waals surface area contributed by atoms with Crippen molar-refractivity contribution in [2.24, 2.45) is 0 Å². The molecule has 0 aromatic heterocycles. The van der Waals surface area contributed by atoms with Gasteiger partial charge in [-0.15, -0.1) is 0 Å². The Kier molecular flexibility index (Phi) is 6.55. The Balaban J connectivity index is 3.14. The van der Waals surface area contributed by atoms with Gasteiger partial charge in [-0.05, 0) is 12.8 Å². The van der Waals surface area contributed by atoms with E-state index in [1.54, 1.807) is 0 Å². The van der Waals surface area contributed by atoms with Crippen molar-refractivity contribution < 1.29 is 13.0 Å². The zero-order chi connectivity index (χ0) is 10.2. The summed E-state index contributed by atoms with van der Waals surface area (Å²) >= 11 is 0. The topological polar surface area (TPSA) is 78.2 Å². The van der Waals surface area contributed by atoms with E-state index in [1.807, 2.05) is 6.07 Å². The molecule has 0 rings (SSSR count). The van der Waals surface area contributed by atoms with Gasteiger partial charge in [-0.25, -0.2) is 0 Å². The molecule has 4 nitrogen and oxygen atoms in total. The Hall–Kier alpha value is -0.600. The fourth-order valence-corrected chi connectivity index (χ4v) is 1.59. The van der Waals surface area contributed by atoms with E-state index < -0.39 is 10.1 Å². The van der Waals surface area contributed by atoms with E-state index >= 15 is 0 Å². The lowest BCUT2D eigenvalue weighted by molar-refractivity contribution is 0.479. The summed E-state index contributed by atoms with van der Waals surface area (Å²) < 4.78 is 28.9. The minimum Gasteiger partial charge on any atom is -0.286 e. The molecule has 76 valence electrons. The van der Waals surface area contributed by atoms with Crippen LogP contribution in [0.2, 0.25) is 0 Å². The zero-order valence-corrected chi connectivity index (χ0v) is 8.39. The Morgan fingerprint density at radius 2 is 1.62 bits per heavy atom. The van der Waals surface area contributed by atoms with Crippen molar-refractivity contribution in [3.8, 4) is 6.07 Å². The van der Waals surface area contributed by atoms with E-state index in [1.165, 1.54) is 0 Å². The molecule has 0 aliphatic carbocycles. The molecular weight excluding hydrogens is 190 g/mol. The third kappa shape index (κ3) is 11.4. The van der Waals surface area contributed by atoms with Crippen molar-refractivity contribution >= 4 is 10.1 Å². The third-order valence-corrected chi connectivity index (χ3v) is 2.50. The van der Waals surface area contributed by atoms with Gasteiger partial charge >= 0.3 is 0 Å². The summed E-state index contributed by atoms with van der Waals surface area (Å²) in [6.45, 7) is 0. The first-order valence-electron chi connectivity index (χ1n) is 4.38. The standard InChI is InChI=1S/C8H15NO3S/c9-7-5-3-1-2-4-6-8-13(10,11)12/h1-6,8H2,(H,10,11,12). The van der Waals surface area contributed by atoms with Gasteiger partial charge in [0.05, 0.1) is 11.8 Å². The van der Waals surface area contributed by atoms with E-state index in [2.05, 4.69) is 0 Å². The van der Waals surface area contributed by atoms with Gasteiger partial charge < -0.3 is 0 Å². The first-order chi connectivity index (χ1) is 6.06. The van der Waals surface area contributed by atoms with E-state index in [-0.39, 0.29) is 5.75 Å². The van der Waals surface area contributed by atoms with Crippen LogP contribution in [0.15, 0.2) is 0 Å². The van der Waals surface area contributed by atoms with Gasteiger partial charge in [0.15, 0.2) is 0 Å². The molecule has 1 N–H and O–H groups in total. The number of nitriles is 1. The number of unbranched alkanes of at least 4 members (excludes halogenated alkanes) is 5. The largest absolute Gasteiger partial charge is 0.286 e. The SMILES string of the molecule is N#CCCCCCCCS(=O)(=O)O. The predicted octanol–water partition coefficient (Wildman–Crippen LogP) is 1.74. The van der Waals surface area contributed by atoms with E-state index in [4.69, 9.17) is 9.81 Å². The highest BCUT2D eigenvalue weighted by atomic mass is 32.2. The summed E-state index contributed by atoms with van der Waals surface area (Å²) in [4.78, 5) is 0. The Bertz CT molecular complexity index is 253. The first kappa shape index (κ1) is 12.4. The summed E-state index contributed by atoms with van der Waals surface area (Å²) in [5, 5.41) is 8.21. The van der Waals surface area contributed by atoms with Crippen LogP contribution in [0.3, 0.4) is 0 Å². The van der Waals surface area contributed by atoms with E-state index in [0.29, 0.717) is 12.8 Å². The van der Waals surface area contributed by atoms with Gasteiger partial charge in [0.2, 0.25) is 0 Å². The second-order valence-electron chi connectivity index (χ2n) is 2.96. The molecule has 0 aromatic rings. The number of hydrogen-bond donors (Lipinski definition) is 1. The Morgan fingerprint density at radius 1 is 1.08 bits per heavy atom. The van der Waals surface area contributed by atoms with Crippen molar-refractivity contribution in [1.29, 1.82) is 5.26 Å². The quantitative estimate of drug-likeness (QED) is 0.507. The van der Waals surface area contributed by atoms with Gasteiger partial charge in [-0.1, -0.05) is 19.3 Å². The maximum absolute atomic E-state index is 10.3. The van der Waals surface area contributed by atoms with E-state index in [9.17, 15) is 8.42 Å². The predicted molar refractivity (Wildman–Crippen MR) is 49.7 cm³/mol. The number of nitrogens with zero attached hydrogens (tertiary/aromatic N) is 1. The van der Waals surface area contributed by atoms with E-state index in [0.717, 1.165) is 25.7 Å². The fraction of sp³-hybridized carbons (Fsp3) is 0.875. The van der Waals surface area contributed by atoms with Crippen LogP contribution in [-0.2, 0) is 10.1 Å². The Labute approximate surface area is 79.3 Å². The first-order valence-corrected chi connectivity index (χ1v) is 5.99. The molecule has 0 heterocycles. The van der Waals surface area contributed by atoms with Crippen LogP contribution in [0.5, 0.6) is 0 Å². The van der Waals surface area contributed by atoms with Crippen LogP contribution in [-0.4, -0.2) is 18.7 Å². The smallest absolute Gasteiger partial charge is 0.264 e. The summed E-state index contributed by atoms with van der Waals surface area (Å²) in [6, 6.07) is 2.05. The molecule has 0 amide bonds. The highest BCUT2D eigenvalue weighted by molar-refractivity contribution is 7.85. The molecule has 0 atom stereocenters. The maximum Gasteiger partial charge on any atom is 0.264 e. The molecule has 13 heavy (non-hydrogen) atoms. The molecule has 0 aliphatic heterocycles. The van der Waals surface area contributed by atoms with Gasteiger partial charge in [-0.3, -0.25) is 4.55 Å². The molecule has 0 aliphatic rings. The molecule has 5 heteroatoms. The van der Waals surface area contributed by atoms with Crippen molar-refractivity contribution in [3.05, 3.63) is 0 Å². The average molecular weight is 205 g/mol. The lowest BCUT2D eigenvalue weighted by Crippen LogP contribution is -2.03. The second kappa shape index (κ2) is 6.87. The van der Waals surface area contributed by atoms with Gasteiger partial charge in [-0.2, -0.15) is 13.7 Å². The molecule has 0 saturated carbocycles. The van der Waals surface area contributed by atoms with Crippen LogP contribution in [0.25, 0.3) is 0 Å². The summed E-state index contributed by atoms with van der Waals surface area (Å²) in [7, 11) is -3.77. The molecule has 0 spiro atoms. The minimum absolute atomic E-state index is 0.148. The molecule has 0 unspecified atom stereocenters. The zero-order valence-electron chi connectivity index (χ0n) is 7.57. The maximum atomic E-state index is 10.3. The van der Waals surface area contributed by atoms with Crippen LogP contribution in [0.1, 0.15) is 38.5 Å². The fourth-order valence-electron chi connectivity index (χ4n) is 1.02. The van der Waals surface area contributed by atoms with Crippen LogP contribution < -0.4 is 0 Å². The Morgan fingerprint density at radius 3 is 2.15 bits per heavy atom. The third-order valence-electron chi connectivity index (χ3n) is 1.69. The van der Waals surface area contributed by atoms with Gasteiger partial charge in [0.25, 0.3) is 10.1 Å². The molecule has 0 radical (unpaired) electrons. The van der Waals surface area contributed by atoms with Crippen molar-refractivity contribution in [2.75, 3.05) is 5.75 Å². The number of hydrogen-bond acceptors (Lipinski definition) is 3. The minimum atomic E-state index is -3.77. The monoisotopic (exact) mass is 205 g/mol. The van der Waals surface area contributed by atoms with Crippen molar-refractivity contribution in [2.45, 2.75) is 38.5 Å². The molecule has 0 bridgehead atoms. The average Bonchev–Trinajstić information content (AvgIpc) is 2.01. The number of rotatable bonds is 7. The van der Waals surface area contributed by atoms with Crippen molar-refractivity contribution in [3.63, 3.8) is 0 Å². The van der Waals surface area contributed by atoms with Crippen LogP contribution in [0.4, 0.5) is 0 Å². The molecule has 0 saturated heterocycles. The van der Waals surface area contributed by atoms with Crippen LogP contribution in [0, 0.1) is 11.3 Å². The van der Waals surface area contributed by atoms with Gasteiger partial charge in [0.1, 0.15) is 0 Å². The second-order valence-corrected chi connectivity index (χ2v) is 4.53. The molecular formula is C8H15NO3S. The molecule has 0 fully saturated rings. The highest BCUT2D eigenvalue weighted by Gasteiger charge is 2.02. The normalized spacial score (nSPS) is 11.1. The van der Waals surface area contributed by atoms with Gasteiger partial charge in [0, 0.05) is 6.42 Å². The van der Waals surface area contributed by atoms with Crippen LogP contribution >= 0.6 is 0 Å².